The molecule has 2 heterocycles. The molecule has 0 unspecified atom stereocenters. The van der Waals surface area contributed by atoms with Crippen LogP contribution in [0.4, 0.5) is 8.78 Å². The summed E-state index contributed by atoms with van der Waals surface area (Å²) in [4.78, 5) is 15.9. The molecule has 26 heavy (non-hydrogen) atoms. The van der Waals surface area contributed by atoms with E-state index < -0.39 is 17.6 Å². The number of nitrogens with zero attached hydrogens (tertiary/aromatic N) is 2. The molecule has 0 saturated carbocycles. The Morgan fingerprint density at radius 3 is 2.58 bits per heavy atom. The molecular weight excluding hydrogens is 346 g/mol. The largest absolute Gasteiger partial charge is 0.485 e. The van der Waals surface area contributed by atoms with Crippen molar-refractivity contribution in [3.8, 4) is 5.75 Å². The van der Waals surface area contributed by atoms with E-state index in [2.05, 4.69) is 4.98 Å². The average Bonchev–Trinajstić information content (AvgIpc) is 2.92. The third-order valence-corrected chi connectivity index (χ3v) is 3.81. The summed E-state index contributed by atoms with van der Waals surface area (Å²) >= 11 is 0. The summed E-state index contributed by atoms with van der Waals surface area (Å²) in [5, 5.41) is 9.49. The standard InChI is InChI=1S/C18H16F2N2O4/c1-10-6-15(26-8-11-12(19)4-3-5-13(11)20)17-21-14(9-25-2)16(18(23)24)22(17)7-10/h3-7H,8-9H2,1-2H3,(H,23,24). The van der Waals surface area contributed by atoms with Gasteiger partial charge < -0.3 is 14.6 Å². The summed E-state index contributed by atoms with van der Waals surface area (Å²) in [6.07, 6.45) is 1.60. The number of aromatic nitrogens is 2. The van der Waals surface area contributed by atoms with Crippen LogP contribution in [0.5, 0.6) is 5.75 Å². The Hall–Kier alpha value is -3.00. The van der Waals surface area contributed by atoms with Crippen molar-refractivity contribution in [2.24, 2.45) is 0 Å². The van der Waals surface area contributed by atoms with Crippen molar-refractivity contribution in [1.29, 1.82) is 0 Å². The fraction of sp³-hybridized carbons (Fsp3) is 0.222. The minimum Gasteiger partial charge on any atom is -0.485 e. The van der Waals surface area contributed by atoms with Crippen molar-refractivity contribution < 1.29 is 28.2 Å². The van der Waals surface area contributed by atoms with E-state index in [1.165, 1.54) is 17.6 Å². The topological polar surface area (TPSA) is 73.1 Å². The molecule has 0 atom stereocenters. The maximum absolute atomic E-state index is 13.8. The fourth-order valence-corrected chi connectivity index (χ4v) is 2.68. The van der Waals surface area contributed by atoms with Gasteiger partial charge in [-0.05, 0) is 30.7 Å². The maximum atomic E-state index is 13.8. The number of aryl methyl sites for hydroxylation is 1. The molecule has 136 valence electrons. The lowest BCUT2D eigenvalue weighted by atomic mass is 10.2. The van der Waals surface area contributed by atoms with Gasteiger partial charge in [-0.25, -0.2) is 18.6 Å². The van der Waals surface area contributed by atoms with Crippen molar-refractivity contribution in [2.75, 3.05) is 7.11 Å². The van der Waals surface area contributed by atoms with Crippen LogP contribution >= 0.6 is 0 Å². The van der Waals surface area contributed by atoms with E-state index in [-0.39, 0.29) is 41.6 Å². The van der Waals surface area contributed by atoms with E-state index in [1.807, 2.05) is 0 Å². The van der Waals surface area contributed by atoms with Crippen LogP contribution in [-0.4, -0.2) is 27.6 Å². The first-order valence-corrected chi connectivity index (χ1v) is 7.72. The maximum Gasteiger partial charge on any atom is 0.354 e. The van der Waals surface area contributed by atoms with Crippen molar-refractivity contribution >= 4 is 11.6 Å². The highest BCUT2D eigenvalue weighted by Gasteiger charge is 2.21. The zero-order chi connectivity index (χ0) is 18.8. The minimum atomic E-state index is -1.17. The number of hydrogen-bond donors (Lipinski definition) is 1. The number of imidazole rings is 1. The first kappa shape index (κ1) is 17.8. The van der Waals surface area contributed by atoms with Gasteiger partial charge >= 0.3 is 5.97 Å². The van der Waals surface area contributed by atoms with Gasteiger partial charge in [0.05, 0.1) is 12.2 Å². The zero-order valence-electron chi connectivity index (χ0n) is 14.1. The predicted octanol–water partition coefficient (Wildman–Crippen LogP) is 3.34. The van der Waals surface area contributed by atoms with Crippen LogP contribution in [0.2, 0.25) is 0 Å². The molecule has 8 heteroatoms. The highest BCUT2D eigenvalue weighted by Crippen LogP contribution is 2.26. The number of halogens is 2. The Morgan fingerprint density at radius 2 is 1.96 bits per heavy atom. The van der Waals surface area contributed by atoms with Crippen LogP contribution in [-0.2, 0) is 18.0 Å². The minimum absolute atomic E-state index is 0.00371. The summed E-state index contributed by atoms with van der Waals surface area (Å²) in [5.41, 5.74) is 0.899. The molecule has 3 aromatic rings. The van der Waals surface area contributed by atoms with Crippen LogP contribution in [0.25, 0.3) is 5.65 Å². The highest BCUT2D eigenvalue weighted by molar-refractivity contribution is 5.89. The van der Waals surface area contributed by atoms with Gasteiger partial charge in [0, 0.05) is 13.3 Å². The molecule has 2 aromatic heterocycles. The fourth-order valence-electron chi connectivity index (χ4n) is 2.68. The number of methoxy groups -OCH3 is 1. The molecule has 0 fully saturated rings. The van der Waals surface area contributed by atoms with Crippen LogP contribution in [0.3, 0.4) is 0 Å². The predicted molar refractivity (Wildman–Crippen MR) is 88.3 cm³/mol. The molecule has 1 aromatic carbocycles. The normalized spacial score (nSPS) is 11.1. The number of fused-ring (bicyclic) bond motifs is 1. The zero-order valence-corrected chi connectivity index (χ0v) is 14.1. The van der Waals surface area contributed by atoms with Crippen molar-refractivity contribution in [1.82, 2.24) is 9.38 Å². The van der Waals surface area contributed by atoms with Gasteiger partial charge in [-0.2, -0.15) is 0 Å². The van der Waals surface area contributed by atoms with Gasteiger partial charge in [-0.3, -0.25) is 4.40 Å². The molecule has 1 N–H and O–H groups in total. The van der Waals surface area contributed by atoms with E-state index in [1.54, 1.807) is 19.2 Å². The number of benzene rings is 1. The lowest BCUT2D eigenvalue weighted by Gasteiger charge is -2.10. The van der Waals surface area contributed by atoms with Crippen molar-refractivity contribution in [3.63, 3.8) is 0 Å². The molecule has 0 aliphatic rings. The monoisotopic (exact) mass is 362 g/mol. The number of carbonyl (C=O) groups is 1. The highest BCUT2D eigenvalue weighted by atomic mass is 19.1. The summed E-state index contributed by atoms with van der Waals surface area (Å²) < 4.78 is 39.5. The number of aromatic carboxylic acids is 1. The van der Waals surface area contributed by atoms with Gasteiger partial charge in [0.1, 0.15) is 23.9 Å². The molecule has 0 bridgehead atoms. The number of rotatable bonds is 6. The molecule has 0 aliphatic carbocycles. The average molecular weight is 362 g/mol. The lowest BCUT2D eigenvalue weighted by molar-refractivity contribution is 0.0683. The third kappa shape index (κ3) is 3.23. The van der Waals surface area contributed by atoms with Crippen LogP contribution in [0, 0.1) is 18.6 Å². The second-order valence-corrected chi connectivity index (χ2v) is 5.71. The summed E-state index contributed by atoms with van der Waals surface area (Å²) in [7, 11) is 1.43. The Labute approximate surface area is 147 Å². The van der Waals surface area contributed by atoms with Crippen LogP contribution in [0.15, 0.2) is 30.5 Å². The van der Waals surface area contributed by atoms with E-state index >= 15 is 0 Å². The first-order valence-electron chi connectivity index (χ1n) is 7.72. The summed E-state index contributed by atoms with van der Waals surface area (Å²) in [6, 6.07) is 5.18. The number of ether oxygens (including phenoxy) is 2. The van der Waals surface area contributed by atoms with Crippen LogP contribution < -0.4 is 4.74 Å². The second kappa shape index (κ2) is 7.09. The Kier molecular flexibility index (Phi) is 4.85. The molecule has 0 radical (unpaired) electrons. The Balaban J connectivity index is 2.06. The first-order chi connectivity index (χ1) is 12.4. The Morgan fingerprint density at radius 1 is 1.27 bits per heavy atom. The van der Waals surface area contributed by atoms with Crippen LogP contribution in [0.1, 0.15) is 27.3 Å². The Bertz CT molecular complexity index is 965. The lowest BCUT2D eigenvalue weighted by Crippen LogP contribution is -2.07. The number of carboxylic acid groups (broad SMARTS) is 1. The van der Waals surface area contributed by atoms with Gasteiger partial charge in [0.2, 0.25) is 0 Å². The molecule has 3 rings (SSSR count). The third-order valence-electron chi connectivity index (χ3n) is 3.81. The van der Waals surface area contributed by atoms with Gasteiger partial charge in [-0.15, -0.1) is 0 Å². The number of carboxylic acids is 1. The van der Waals surface area contributed by atoms with Gasteiger partial charge in [0.15, 0.2) is 17.1 Å². The molecule has 0 aliphatic heterocycles. The molecule has 0 amide bonds. The smallest absolute Gasteiger partial charge is 0.354 e. The van der Waals surface area contributed by atoms with Crippen molar-refractivity contribution in [2.45, 2.75) is 20.1 Å². The van der Waals surface area contributed by atoms with E-state index in [9.17, 15) is 18.7 Å². The van der Waals surface area contributed by atoms with Gasteiger partial charge in [0.25, 0.3) is 0 Å². The SMILES string of the molecule is COCc1nc2c(OCc3c(F)cccc3F)cc(C)cn2c1C(=O)O. The number of hydrogen-bond acceptors (Lipinski definition) is 4. The number of pyridine rings is 1. The van der Waals surface area contributed by atoms with E-state index in [0.29, 0.717) is 5.56 Å². The molecule has 6 nitrogen and oxygen atoms in total. The van der Waals surface area contributed by atoms with E-state index in [4.69, 9.17) is 9.47 Å². The quantitative estimate of drug-likeness (QED) is 0.728. The summed E-state index contributed by atoms with van der Waals surface area (Å²) in [6.45, 7) is 1.40. The molecule has 0 saturated heterocycles. The van der Waals surface area contributed by atoms with Gasteiger partial charge in [-0.1, -0.05) is 6.07 Å². The molecular formula is C18H16F2N2O4. The molecule has 0 spiro atoms. The van der Waals surface area contributed by atoms with E-state index in [0.717, 1.165) is 12.1 Å². The summed E-state index contributed by atoms with van der Waals surface area (Å²) in [5.74, 6) is -2.38. The van der Waals surface area contributed by atoms with Crippen molar-refractivity contribution in [3.05, 3.63) is 64.6 Å². The second-order valence-electron chi connectivity index (χ2n) is 5.71.